The molecule has 8 heteroatoms. The van der Waals surface area contributed by atoms with E-state index in [1.807, 2.05) is 0 Å². The molecule has 0 spiro atoms. The van der Waals surface area contributed by atoms with Gasteiger partial charge in [0.15, 0.2) is 0 Å². The van der Waals surface area contributed by atoms with E-state index in [0.717, 1.165) is 23.5 Å². The van der Waals surface area contributed by atoms with Crippen molar-refractivity contribution in [3.8, 4) is 10.6 Å². The summed E-state index contributed by atoms with van der Waals surface area (Å²) in [5.41, 5.74) is 0.308. The molecule has 0 radical (unpaired) electrons. The molecule has 2 rings (SSSR count). The molecule has 0 aliphatic rings. The molecule has 0 saturated carbocycles. The van der Waals surface area contributed by atoms with Crippen molar-refractivity contribution in [2.45, 2.75) is 13.1 Å². The van der Waals surface area contributed by atoms with Crippen molar-refractivity contribution in [1.29, 1.82) is 0 Å². The Hall–Kier alpha value is -1.93. The van der Waals surface area contributed by atoms with Crippen LogP contribution in [0, 0.1) is 6.92 Å². The summed E-state index contributed by atoms with van der Waals surface area (Å²) in [6.07, 6.45) is -4.38. The highest BCUT2D eigenvalue weighted by Crippen LogP contribution is 2.33. The van der Waals surface area contributed by atoms with Crippen LogP contribution in [0.25, 0.3) is 10.6 Å². The molecule has 0 aliphatic heterocycles. The van der Waals surface area contributed by atoms with Crippen LogP contribution >= 0.6 is 11.3 Å². The van der Waals surface area contributed by atoms with Gasteiger partial charge in [-0.15, -0.1) is 11.3 Å². The second kappa shape index (κ2) is 6.67. The first kappa shape index (κ1) is 17.4. The van der Waals surface area contributed by atoms with Crippen molar-refractivity contribution in [2.75, 3.05) is 20.2 Å². The molecular weight excluding hydrogens is 329 g/mol. The lowest BCUT2D eigenvalue weighted by atomic mass is 10.1. The number of nitrogens with zero attached hydrogens (tertiary/aromatic N) is 2. The van der Waals surface area contributed by atoms with E-state index in [2.05, 4.69) is 4.98 Å². The van der Waals surface area contributed by atoms with E-state index in [1.54, 1.807) is 14.0 Å². The van der Waals surface area contributed by atoms with Crippen molar-refractivity contribution < 1.29 is 23.1 Å². The van der Waals surface area contributed by atoms with Gasteiger partial charge in [-0.3, -0.25) is 4.79 Å². The first-order valence-electron chi connectivity index (χ1n) is 6.75. The Labute approximate surface area is 135 Å². The molecule has 0 aliphatic carbocycles. The molecule has 0 atom stereocenters. The smallest absolute Gasteiger partial charge is 0.395 e. The SMILES string of the molecule is Cc1nc(-c2ccc(C(F)(F)F)cc2)sc1C(=O)N(C)CCO. The lowest BCUT2D eigenvalue weighted by Crippen LogP contribution is -2.29. The first-order valence-corrected chi connectivity index (χ1v) is 7.57. The minimum atomic E-state index is -4.38. The molecule has 0 unspecified atom stereocenters. The number of likely N-dealkylation sites (N-methyl/N-ethyl adjacent to an activating group) is 1. The van der Waals surface area contributed by atoms with Crippen molar-refractivity contribution in [3.63, 3.8) is 0 Å². The van der Waals surface area contributed by atoms with Crippen LogP contribution in [0.3, 0.4) is 0 Å². The number of aromatic nitrogens is 1. The van der Waals surface area contributed by atoms with Crippen molar-refractivity contribution in [1.82, 2.24) is 9.88 Å². The molecule has 0 saturated heterocycles. The van der Waals surface area contributed by atoms with Crippen LogP contribution in [-0.2, 0) is 6.18 Å². The number of halogens is 3. The van der Waals surface area contributed by atoms with Gasteiger partial charge in [0, 0.05) is 19.2 Å². The summed E-state index contributed by atoms with van der Waals surface area (Å²) in [6.45, 7) is 1.72. The highest BCUT2D eigenvalue weighted by atomic mass is 32.1. The second-order valence-electron chi connectivity index (χ2n) is 4.96. The minimum absolute atomic E-state index is 0.147. The quantitative estimate of drug-likeness (QED) is 0.927. The van der Waals surface area contributed by atoms with Crippen LogP contribution in [0.2, 0.25) is 0 Å². The maximum atomic E-state index is 12.6. The fourth-order valence-electron chi connectivity index (χ4n) is 1.95. The standard InChI is InChI=1S/C15H15F3N2O2S/c1-9-12(14(22)20(2)7-8-21)23-13(19-9)10-3-5-11(6-4-10)15(16,17)18/h3-6,21H,7-8H2,1-2H3. The normalized spacial score (nSPS) is 11.6. The lowest BCUT2D eigenvalue weighted by Gasteiger charge is -2.14. The third-order valence-corrected chi connectivity index (χ3v) is 4.43. The number of aryl methyl sites for hydroxylation is 1. The van der Waals surface area contributed by atoms with Crippen LogP contribution in [0.1, 0.15) is 20.9 Å². The zero-order chi connectivity index (χ0) is 17.2. The van der Waals surface area contributed by atoms with Gasteiger partial charge >= 0.3 is 6.18 Å². The van der Waals surface area contributed by atoms with E-state index >= 15 is 0 Å². The first-order chi connectivity index (χ1) is 10.7. The van der Waals surface area contributed by atoms with Gasteiger partial charge in [0.25, 0.3) is 5.91 Å². The van der Waals surface area contributed by atoms with Crippen LogP contribution < -0.4 is 0 Å². The zero-order valence-corrected chi connectivity index (χ0v) is 13.3. The summed E-state index contributed by atoms with van der Waals surface area (Å²) in [7, 11) is 1.56. The van der Waals surface area contributed by atoms with Gasteiger partial charge in [-0.2, -0.15) is 13.2 Å². The molecular formula is C15H15F3N2O2S. The van der Waals surface area contributed by atoms with Gasteiger partial charge < -0.3 is 10.0 Å². The number of hydrogen-bond donors (Lipinski definition) is 1. The van der Waals surface area contributed by atoms with Gasteiger partial charge in [0.1, 0.15) is 9.88 Å². The van der Waals surface area contributed by atoms with Crippen LogP contribution in [0.4, 0.5) is 13.2 Å². The van der Waals surface area contributed by atoms with E-state index in [0.29, 0.717) is 21.1 Å². The number of aliphatic hydroxyl groups excluding tert-OH is 1. The van der Waals surface area contributed by atoms with E-state index in [4.69, 9.17) is 5.11 Å². The van der Waals surface area contributed by atoms with Crippen LogP contribution in [0.5, 0.6) is 0 Å². The molecule has 1 heterocycles. The monoisotopic (exact) mass is 344 g/mol. The number of amides is 1. The topological polar surface area (TPSA) is 53.4 Å². The van der Waals surface area contributed by atoms with E-state index < -0.39 is 11.7 Å². The summed E-state index contributed by atoms with van der Waals surface area (Å²) in [5, 5.41) is 9.36. The summed E-state index contributed by atoms with van der Waals surface area (Å²) in [4.78, 5) is 18.3. The largest absolute Gasteiger partial charge is 0.416 e. The van der Waals surface area contributed by atoms with E-state index in [-0.39, 0.29) is 19.1 Å². The molecule has 1 aromatic carbocycles. The lowest BCUT2D eigenvalue weighted by molar-refractivity contribution is -0.137. The number of carbonyl (C=O) groups excluding carboxylic acids is 1. The molecule has 4 nitrogen and oxygen atoms in total. The summed E-state index contributed by atoms with van der Waals surface area (Å²) in [6, 6.07) is 4.66. The number of hydrogen-bond acceptors (Lipinski definition) is 4. The predicted octanol–water partition coefficient (Wildman–Crippen LogP) is 3.20. The Morgan fingerprint density at radius 3 is 2.43 bits per heavy atom. The third kappa shape index (κ3) is 3.89. The van der Waals surface area contributed by atoms with Gasteiger partial charge in [0.2, 0.25) is 0 Å². The number of benzene rings is 1. The summed E-state index contributed by atoms with van der Waals surface area (Å²) in [5.74, 6) is -0.271. The zero-order valence-electron chi connectivity index (χ0n) is 12.5. The average Bonchev–Trinajstić information content (AvgIpc) is 2.88. The number of aliphatic hydroxyl groups is 1. The molecule has 23 heavy (non-hydrogen) atoms. The summed E-state index contributed by atoms with van der Waals surface area (Å²) < 4.78 is 37.7. The maximum Gasteiger partial charge on any atom is 0.416 e. The minimum Gasteiger partial charge on any atom is -0.395 e. The van der Waals surface area contributed by atoms with Gasteiger partial charge in [-0.1, -0.05) is 12.1 Å². The molecule has 0 fully saturated rings. The van der Waals surface area contributed by atoms with E-state index in [1.165, 1.54) is 17.0 Å². The molecule has 1 aromatic heterocycles. The fraction of sp³-hybridized carbons (Fsp3) is 0.333. The van der Waals surface area contributed by atoms with Crippen molar-refractivity contribution in [3.05, 3.63) is 40.4 Å². The predicted molar refractivity (Wildman–Crippen MR) is 81.3 cm³/mol. The fourth-order valence-corrected chi connectivity index (χ4v) is 3.01. The van der Waals surface area contributed by atoms with Crippen molar-refractivity contribution >= 4 is 17.2 Å². The Morgan fingerprint density at radius 2 is 1.91 bits per heavy atom. The highest BCUT2D eigenvalue weighted by Gasteiger charge is 2.30. The van der Waals surface area contributed by atoms with Crippen LogP contribution in [0.15, 0.2) is 24.3 Å². The molecule has 1 N–H and O–H groups in total. The average molecular weight is 344 g/mol. The number of carbonyl (C=O) groups is 1. The van der Waals surface area contributed by atoms with Gasteiger partial charge in [-0.25, -0.2) is 4.98 Å². The molecule has 0 bridgehead atoms. The number of thiazole rings is 1. The Morgan fingerprint density at radius 1 is 1.30 bits per heavy atom. The molecule has 124 valence electrons. The maximum absolute atomic E-state index is 12.6. The molecule has 2 aromatic rings. The Balaban J connectivity index is 2.29. The van der Waals surface area contributed by atoms with Crippen molar-refractivity contribution in [2.24, 2.45) is 0 Å². The number of rotatable bonds is 4. The number of alkyl halides is 3. The van der Waals surface area contributed by atoms with Gasteiger partial charge in [0.05, 0.1) is 17.9 Å². The Bertz CT molecular complexity index is 696. The molecule has 1 amide bonds. The Kier molecular flexibility index (Phi) is 5.06. The highest BCUT2D eigenvalue weighted by molar-refractivity contribution is 7.17. The van der Waals surface area contributed by atoms with Gasteiger partial charge in [-0.05, 0) is 19.1 Å². The van der Waals surface area contributed by atoms with Crippen LogP contribution in [-0.4, -0.2) is 41.1 Å². The third-order valence-electron chi connectivity index (χ3n) is 3.23. The summed E-state index contributed by atoms with van der Waals surface area (Å²) >= 11 is 1.12. The van der Waals surface area contributed by atoms with E-state index in [9.17, 15) is 18.0 Å². The second-order valence-corrected chi connectivity index (χ2v) is 5.96.